The summed E-state index contributed by atoms with van der Waals surface area (Å²) < 4.78 is 17.7. The Morgan fingerprint density at radius 1 is 1.00 bits per heavy atom. The van der Waals surface area contributed by atoms with E-state index >= 15 is 0 Å². The van der Waals surface area contributed by atoms with Crippen LogP contribution in [0.5, 0.6) is 11.5 Å². The van der Waals surface area contributed by atoms with Crippen LogP contribution in [0.25, 0.3) is 11.0 Å². The van der Waals surface area contributed by atoms with Crippen molar-refractivity contribution >= 4 is 16.9 Å². The van der Waals surface area contributed by atoms with Crippen LogP contribution in [0.2, 0.25) is 0 Å². The van der Waals surface area contributed by atoms with E-state index in [2.05, 4.69) is 12.2 Å². The van der Waals surface area contributed by atoms with Gasteiger partial charge in [-0.25, -0.2) is 0 Å². The van der Waals surface area contributed by atoms with Crippen molar-refractivity contribution in [2.75, 3.05) is 13.2 Å². The molecule has 0 saturated carbocycles. The Hall–Kier alpha value is -3.28. The van der Waals surface area contributed by atoms with E-state index in [1.807, 2.05) is 45.0 Å². The molecule has 3 aromatic rings. The van der Waals surface area contributed by atoms with Crippen LogP contribution >= 0.6 is 0 Å². The van der Waals surface area contributed by atoms with Crippen LogP contribution < -0.4 is 20.2 Å². The zero-order chi connectivity index (χ0) is 22.8. The SMILES string of the molecule is CCCCCOc1ccc(C2NC(=O)c3oc4c(C)c(C)ccc4c(=O)c32)cc1OCC. The van der Waals surface area contributed by atoms with Gasteiger partial charge in [-0.15, -0.1) is 0 Å². The average Bonchev–Trinajstić information content (AvgIpc) is 3.12. The van der Waals surface area contributed by atoms with Crippen LogP contribution in [-0.4, -0.2) is 19.1 Å². The molecule has 1 aliphatic rings. The lowest BCUT2D eigenvalue weighted by atomic mass is 9.97. The lowest BCUT2D eigenvalue weighted by Crippen LogP contribution is -2.22. The van der Waals surface area contributed by atoms with Crippen molar-refractivity contribution in [3.8, 4) is 11.5 Å². The summed E-state index contributed by atoms with van der Waals surface area (Å²) in [7, 11) is 0. The van der Waals surface area contributed by atoms with Crippen molar-refractivity contribution in [1.29, 1.82) is 0 Å². The second kappa shape index (κ2) is 9.07. The second-order valence-corrected chi connectivity index (χ2v) is 8.16. The maximum absolute atomic E-state index is 13.4. The number of rotatable bonds is 8. The third-order valence-electron chi connectivity index (χ3n) is 5.99. The van der Waals surface area contributed by atoms with Gasteiger partial charge in [0, 0.05) is 0 Å². The minimum Gasteiger partial charge on any atom is -0.490 e. The largest absolute Gasteiger partial charge is 0.490 e. The van der Waals surface area contributed by atoms with E-state index in [1.54, 1.807) is 6.07 Å². The van der Waals surface area contributed by atoms with Gasteiger partial charge >= 0.3 is 0 Å². The van der Waals surface area contributed by atoms with E-state index in [9.17, 15) is 9.59 Å². The van der Waals surface area contributed by atoms with Crippen LogP contribution in [0, 0.1) is 13.8 Å². The first-order valence-corrected chi connectivity index (χ1v) is 11.2. The Bertz CT molecular complexity index is 1230. The molecule has 1 aromatic heterocycles. The second-order valence-electron chi connectivity index (χ2n) is 8.16. The highest BCUT2D eigenvalue weighted by molar-refractivity contribution is 5.99. The monoisotopic (exact) mass is 435 g/mol. The van der Waals surface area contributed by atoms with Crippen LogP contribution in [0.3, 0.4) is 0 Å². The summed E-state index contributed by atoms with van der Waals surface area (Å²) in [6.07, 6.45) is 3.20. The first kappa shape index (κ1) is 21.9. The molecule has 0 radical (unpaired) electrons. The fraction of sp³-hybridized carbons (Fsp3) is 0.385. The topological polar surface area (TPSA) is 77.8 Å². The van der Waals surface area contributed by atoms with Crippen molar-refractivity contribution in [1.82, 2.24) is 5.32 Å². The van der Waals surface area contributed by atoms with Crippen molar-refractivity contribution in [3.05, 3.63) is 68.6 Å². The maximum atomic E-state index is 13.4. The van der Waals surface area contributed by atoms with Gasteiger partial charge in [0.2, 0.25) is 5.76 Å². The van der Waals surface area contributed by atoms with Gasteiger partial charge in [0.05, 0.1) is 30.2 Å². The number of hydrogen-bond acceptors (Lipinski definition) is 5. The molecule has 1 amide bonds. The molecule has 1 unspecified atom stereocenters. The summed E-state index contributed by atoms with van der Waals surface area (Å²) in [4.78, 5) is 26.1. The van der Waals surface area contributed by atoms with Gasteiger partial charge in [0.1, 0.15) is 5.58 Å². The van der Waals surface area contributed by atoms with Gasteiger partial charge in [-0.3, -0.25) is 9.59 Å². The zero-order valence-electron chi connectivity index (χ0n) is 19.0. The van der Waals surface area contributed by atoms with Crippen LogP contribution in [0.4, 0.5) is 0 Å². The predicted octanol–water partition coefficient (Wildman–Crippen LogP) is 5.21. The first-order valence-electron chi connectivity index (χ1n) is 11.2. The summed E-state index contributed by atoms with van der Waals surface area (Å²) in [6.45, 7) is 9.00. The minimum absolute atomic E-state index is 0.0825. The number of nitrogens with one attached hydrogen (secondary N) is 1. The predicted molar refractivity (Wildman–Crippen MR) is 124 cm³/mol. The molecule has 2 heterocycles. The molecule has 2 aromatic carbocycles. The maximum Gasteiger partial charge on any atom is 0.288 e. The highest BCUT2D eigenvalue weighted by Gasteiger charge is 2.36. The molecule has 1 atom stereocenters. The molecule has 6 nitrogen and oxygen atoms in total. The van der Waals surface area contributed by atoms with Gasteiger partial charge < -0.3 is 19.2 Å². The third kappa shape index (κ3) is 3.85. The van der Waals surface area contributed by atoms with Crippen LogP contribution in [0.1, 0.15) is 72.0 Å². The summed E-state index contributed by atoms with van der Waals surface area (Å²) in [5, 5.41) is 3.39. The molecule has 1 aliphatic heterocycles. The number of ether oxygens (including phenoxy) is 2. The van der Waals surface area contributed by atoms with Crippen LogP contribution in [-0.2, 0) is 0 Å². The highest BCUT2D eigenvalue weighted by atomic mass is 16.5. The van der Waals surface area contributed by atoms with Gasteiger partial charge in [-0.2, -0.15) is 0 Å². The average molecular weight is 436 g/mol. The molecule has 1 N–H and O–H groups in total. The van der Waals surface area contributed by atoms with E-state index in [0.29, 0.717) is 41.2 Å². The molecule has 4 rings (SSSR count). The lowest BCUT2D eigenvalue weighted by molar-refractivity contribution is 0.0937. The van der Waals surface area contributed by atoms with Gasteiger partial charge in [0.25, 0.3) is 5.91 Å². The molecule has 168 valence electrons. The van der Waals surface area contributed by atoms with Gasteiger partial charge in [-0.05, 0) is 62.1 Å². The Morgan fingerprint density at radius 3 is 2.56 bits per heavy atom. The van der Waals surface area contributed by atoms with E-state index in [1.165, 1.54) is 0 Å². The van der Waals surface area contributed by atoms with Gasteiger partial charge in [0.15, 0.2) is 16.9 Å². The van der Waals surface area contributed by atoms with Crippen molar-refractivity contribution < 1.29 is 18.7 Å². The van der Waals surface area contributed by atoms with Crippen molar-refractivity contribution in [3.63, 3.8) is 0 Å². The fourth-order valence-electron chi connectivity index (χ4n) is 4.08. The Kier molecular flexibility index (Phi) is 6.21. The van der Waals surface area contributed by atoms with Crippen molar-refractivity contribution in [2.45, 2.75) is 53.0 Å². The molecular weight excluding hydrogens is 406 g/mol. The summed E-state index contributed by atoms with van der Waals surface area (Å²) in [5.74, 6) is 0.954. The number of fused-ring (bicyclic) bond motifs is 2. The number of carbonyl (C=O) groups is 1. The summed E-state index contributed by atoms with van der Waals surface area (Å²) >= 11 is 0. The number of carbonyl (C=O) groups excluding carboxylic acids is 1. The summed E-state index contributed by atoms with van der Waals surface area (Å²) in [5.41, 5.74) is 3.23. The number of hydrogen-bond donors (Lipinski definition) is 1. The van der Waals surface area contributed by atoms with E-state index in [-0.39, 0.29) is 17.1 Å². The molecular formula is C26H29NO5. The number of benzene rings is 2. The third-order valence-corrected chi connectivity index (χ3v) is 5.99. The van der Waals surface area contributed by atoms with Crippen LogP contribution in [0.15, 0.2) is 39.5 Å². The van der Waals surface area contributed by atoms with Crippen molar-refractivity contribution in [2.24, 2.45) is 0 Å². The smallest absolute Gasteiger partial charge is 0.288 e. The standard InChI is InChI=1S/C26H29NO5/c1-5-7-8-13-31-19-12-10-17(14-20(19)30-6-2)22-21-23(28)18-11-9-15(3)16(4)24(18)32-25(21)26(29)27-22/h9-12,14,22H,5-8,13H2,1-4H3,(H,27,29). The molecule has 0 fully saturated rings. The van der Waals surface area contributed by atoms with E-state index in [4.69, 9.17) is 13.9 Å². The highest BCUT2D eigenvalue weighted by Crippen LogP contribution is 2.36. The number of unbranched alkanes of at least 4 members (excludes halogenated alkanes) is 2. The zero-order valence-corrected chi connectivity index (χ0v) is 19.0. The molecule has 32 heavy (non-hydrogen) atoms. The lowest BCUT2D eigenvalue weighted by Gasteiger charge is -2.17. The molecule has 0 aliphatic carbocycles. The van der Waals surface area contributed by atoms with E-state index < -0.39 is 6.04 Å². The number of amides is 1. The van der Waals surface area contributed by atoms with E-state index in [0.717, 1.165) is 36.0 Å². The molecule has 0 spiro atoms. The normalized spacial score (nSPS) is 15.0. The number of aryl methyl sites for hydroxylation is 2. The molecule has 0 bridgehead atoms. The Labute approximate surface area is 187 Å². The fourth-order valence-corrected chi connectivity index (χ4v) is 4.08. The Morgan fingerprint density at radius 2 is 1.81 bits per heavy atom. The molecule has 6 heteroatoms. The van der Waals surface area contributed by atoms with Gasteiger partial charge in [-0.1, -0.05) is 31.9 Å². The quantitative estimate of drug-likeness (QED) is 0.492. The first-order chi connectivity index (χ1) is 15.5. The Balaban J connectivity index is 1.75. The summed E-state index contributed by atoms with van der Waals surface area (Å²) in [6, 6.07) is 8.60. The minimum atomic E-state index is -0.604. The molecule has 0 saturated heterocycles.